The standard InChI is InChI=1S/C15H14N4O4/c1-23-14-8-7-11(9-13(14)19(21)22)10-16-18-15(20)17-12-5-3-2-4-6-12/h2-10H,1H3,(H2,17,18,20)/b16-10+. The molecule has 0 aliphatic rings. The van der Waals surface area contributed by atoms with Crippen molar-refractivity contribution in [3.63, 3.8) is 0 Å². The van der Waals surface area contributed by atoms with E-state index in [0.29, 0.717) is 11.3 Å². The molecule has 0 bridgehead atoms. The largest absolute Gasteiger partial charge is 0.490 e. The molecule has 0 saturated carbocycles. The molecule has 0 spiro atoms. The summed E-state index contributed by atoms with van der Waals surface area (Å²) in [6.45, 7) is 0. The molecule has 2 rings (SSSR count). The molecule has 2 N–H and O–H groups in total. The lowest BCUT2D eigenvalue weighted by atomic mass is 10.2. The Morgan fingerprint density at radius 2 is 2.00 bits per heavy atom. The average molecular weight is 314 g/mol. The SMILES string of the molecule is COc1ccc(/C=N/NC(=O)Nc2ccccc2)cc1[N+](=O)[O-]. The average Bonchev–Trinajstić information content (AvgIpc) is 2.55. The number of carbonyl (C=O) groups excluding carboxylic acids is 1. The Labute approximate surface area is 131 Å². The number of hydrogen-bond donors (Lipinski definition) is 2. The summed E-state index contributed by atoms with van der Waals surface area (Å²) in [4.78, 5) is 22.0. The molecule has 0 radical (unpaired) electrons. The summed E-state index contributed by atoms with van der Waals surface area (Å²) in [5.41, 5.74) is 3.18. The number of anilines is 1. The smallest absolute Gasteiger partial charge is 0.339 e. The van der Waals surface area contributed by atoms with Crippen molar-refractivity contribution in [1.82, 2.24) is 5.43 Å². The molecule has 0 unspecified atom stereocenters. The van der Waals surface area contributed by atoms with Gasteiger partial charge in [0.05, 0.1) is 18.2 Å². The number of hydrogen-bond acceptors (Lipinski definition) is 5. The van der Waals surface area contributed by atoms with Crippen LogP contribution in [0.25, 0.3) is 0 Å². The molecule has 2 aromatic carbocycles. The monoisotopic (exact) mass is 314 g/mol. The Kier molecular flexibility index (Phi) is 5.24. The normalized spacial score (nSPS) is 10.3. The summed E-state index contributed by atoms with van der Waals surface area (Å²) in [6.07, 6.45) is 1.30. The number of nitrogens with one attached hydrogen (secondary N) is 2. The van der Waals surface area contributed by atoms with Gasteiger partial charge in [-0.05, 0) is 24.3 Å². The van der Waals surface area contributed by atoms with Crippen LogP contribution in [0.5, 0.6) is 5.75 Å². The van der Waals surface area contributed by atoms with Crippen LogP contribution < -0.4 is 15.5 Å². The van der Waals surface area contributed by atoms with E-state index in [4.69, 9.17) is 4.74 Å². The molecule has 8 heteroatoms. The van der Waals surface area contributed by atoms with Crippen molar-refractivity contribution in [1.29, 1.82) is 0 Å². The first-order valence-corrected chi connectivity index (χ1v) is 6.57. The van der Waals surface area contributed by atoms with Gasteiger partial charge >= 0.3 is 11.7 Å². The molecule has 118 valence electrons. The van der Waals surface area contributed by atoms with E-state index < -0.39 is 11.0 Å². The fraction of sp³-hybridized carbons (Fsp3) is 0.0667. The van der Waals surface area contributed by atoms with Crippen LogP contribution in [0.15, 0.2) is 53.6 Å². The van der Waals surface area contributed by atoms with Gasteiger partial charge in [0, 0.05) is 17.3 Å². The number of carbonyl (C=O) groups is 1. The number of amides is 2. The van der Waals surface area contributed by atoms with Gasteiger partial charge in [-0.2, -0.15) is 5.10 Å². The summed E-state index contributed by atoms with van der Waals surface area (Å²) < 4.78 is 4.90. The third-order valence-corrected chi connectivity index (χ3v) is 2.81. The van der Waals surface area contributed by atoms with E-state index >= 15 is 0 Å². The molecule has 0 fully saturated rings. The predicted octanol–water partition coefficient (Wildman–Crippen LogP) is 2.76. The minimum absolute atomic E-state index is 0.155. The van der Waals surface area contributed by atoms with Gasteiger partial charge in [0.25, 0.3) is 0 Å². The highest BCUT2D eigenvalue weighted by molar-refractivity contribution is 5.90. The van der Waals surface area contributed by atoms with E-state index in [-0.39, 0.29) is 11.4 Å². The fourth-order valence-electron chi connectivity index (χ4n) is 1.78. The highest BCUT2D eigenvalue weighted by Crippen LogP contribution is 2.26. The van der Waals surface area contributed by atoms with Crippen LogP contribution >= 0.6 is 0 Å². The second-order valence-electron chi connectivity index (χ2n) is 4.38. The molecule has 2 aromatic rings. The van der Waals surface area contributed by atoms with Crippen LogP contribution in [0.4, 0.5) is 16.2 Å². The van der Waals surface area contributed by atoms with Crippen LogP contribution in [-0.2, 0) is 0 Å². The second-order valence-corrected chi connectivity index (χ2v) is 4.38. The second kappa shape index (κ2) is 7.55. The van der Waals surface area contributed by atoms with Crippen molar-refractivity contribution < 1.29 is 14.5 Å². The van der Waals surface area contributed by atoms with Crippen molar-refractivity contribution >= 4 is 23.6 Å². The predicted molar refractivity (Wildman–Crippen MR) is 85.8 cm³/mol. The Bertz CT molecular complexity index is 732. The van der Waals surface area contributed by atoms with Crippen LogP contribution in [0.1, 0.15) is 5.56 Å². The number of hydrazone groups is 1. The summed E-state index contributed by atoms with van der Waals surface area (Å²) >= 11 is 0. The minimum atomic E-state index is -0.550. The molecule has 0 saturated heterocycles. The number of rotatable bonds is 5. The Morgan fingerprint density at radius 1 is 1.26 bits per heavy atom. The first-order chi connectivity index (χ1) is 11.1. The molecule has 0 aliphatic carbocycles. The van der Waals surface area contributed by atoms with E-state index in [0.717, 1.165) is 0 Å². The maximum absolute atomic E-state index is 11.6. The van der Waals surface area contributed by atoms with Crippen molar-refractivity contribution in [2.45, 2.75) is 0 Å². The first kappa shape index (κ1) is 16.0. The fourth-order valence-corrected chi connectivity index (χ4v) is 1.78. The van der Waals surface area contributed by atoms with E-state index in [2.05, 4.69) is 15.8 Å². The zero-order chi connectivity index (χ0) is 16.7. The number of ether oxygens (including phenoxy) is 1. The zero-order valence-electron chi connectivity index (χ0n) is 12.2. The number of methoxy groups -OCH3 is 1. The molecular weight excluding hydrogens is 300 g/mol. The lowest BCUT2D eigenvalue weighted by Crippen LogP contribution is -2.24. The van der Waals surface area contributed by atoms with Gasteiger partial charge in [-0.3, -0.25) is 10.1 Å². The van der Waals surface area contributed by atoms with Crippen molar-refractivity contribution in [2.24, 2.45) is 5.10 Å². The van der Waals surface area contributed by atoms with Gasteiger partial charge in [0.2, 0.25) is 0 Å². The third-order valence-electron chi connectivity index (χ3n) is 2.81. The first-order valence-electron chi connectivity index (χ1n) is 6.57. The number of nitro benzene ring substituents is 1. The Hall–Kier alpha value is -3.42. The highest BCUT2D eigenvalue weighted by Gasteiger charge is 2.14. The van der Waals surface area contributed by atoms with Gasteiger partial charge in [-0.1, -0.05) is 18.2 Å². The number of nitrogens with zero attached hydrogens (tertiary/aromatic N) is 2. The highest BCUT2D eigenvalue weighted by atomic mass is 16.6. The van der Waals surface area contributed by atoms with Crippen LogP contribution in [0.3, 0.4) is 0 Å². The van der Waals surface area contributed by atoms with Gasteiger partial charge in [0.15, 0.2) is 5.75 Å². The van der Waals surface area contributed by atoms with Gasteiger partial charge in [-0.15, -0.1) is 0 Å². The van der Waals surface area contributed by atoms with Crippen molar-refractivity contribution in [3.05, 3.63) is 64.2 Å². The lowest BCUT2D eigenvalue weighted by Gasteiger charge is -2.03. The van der Waals surface area contributed by atoms with Crippen molar-refractivity contribution in [2.75, 3.05) is 12.4 Å². The minimum Gasteiger partial charge on any atom is -0.490 e. The Balaban J connectivity index is 1.99. The summed E-state index contributed by atoms with van der Waals surface area (Å²) in [5.74, 6) is 0.155. The van der Waals surface area contributed by atoms with E-state index in [1.807, 2.05) is 6.07 Å². The molecule has 8 nitrogen and oxygen atoms in total. The van der Waals surface area contributed by atoms with Crippen molar-refractivity contribution in [3.8, 4) is 5.75 Å². The van der Waals surface area contributed by atoms with Crippen LogP contribution in [0.2, 0.25) is 0 Å². The van der Waals surface area contributed by atoms with Gasteiger partial charge in [-0.25, -0.2) is 10.2 Å². The molecule has 0 aliphatic heterocycles. The molecule has 23 heavy (non-hydrogen) atoms. The topological polar surface area (TPSA) is 106 Å². The lowest BCUT2D eigenvalue weighted by molar-refractivity contribution is -0.385. The third kappa shape index (κ3) is 4.53. The van der Waals surface area contributed by atoms with Crippen LogP contribution in [0, 0.1) is 10.1 Å². The quantitative estimate of drug-likeness (QED) is 0.503. The maximum atomic E-state index is 11.6. The van der Waals surface area contributed by atoms with Crippen LogP contribution in [-0.4, -0.2) is 24.3 Å². The molecule has 0 heterocycles. The number of nitro groups is 1. The zero-order valence-corrected chi connectivity index (χ0v) is 12.2. The van der Waals surface area contributed by atoms with E-state index in [1.54, 1.807) is 30.3 Å². The molecule has 0 atom stereocenters. The maximum Gasteiger partial charge on any atom is 0.339 e. The summed E-state index contributed by atoms with van der Waals surface area (Å²) in [5, 5.41) is 17.2. The molecular formula is C15H14N4O4. The number of urea groups is 1. The number of benzene rings is 2. The van der Waals surface area contributed by atoms with Gasteiger partial charge in [0.1, 0.15) is 0 Å². The number of para-hydroxylation sites is 1. The molecule has 2 amide bonds. The Morgan fingerprint density at radius 3 is 2.65 bits per heavy atom. The van der Waals surface area contributed by atoms with Gasteiger partial charge < -0.3 is 10.1 Å². The summed E-state index contributed by atoms with van der Waals surface area (Å²) in [7, 11) is 1.35. The molecule has 0 aromatic heterocycles. The van der Waals surface area contributed by atoms with E-state index in [1.165, 1.54) is 25.5 Å². The summed E-state index contributed by atoms with van der Waals surface area (Å²) in [6, 6.07) is 12.7. The van der Waals surface area contributed by atoms with E-state index in [9.17, 15) is 14.9 Å².